The fourth-order valence-corrected chi connectivity index (χ4v) is 3.23. The van der Waals surface area contributed by atoms with Crippen molar-refractivity contribution in [2.24, 2.45) is 5.92 Å². The summed E-state index contributed by atoms with van der Waals surface area (Å²) in [6, 6.07) is 9.79. The van der Waals surface area contributed by atoms with Gasteiger partial charge < -0.3 is 16.0 Å². The molecule has 1 aliphatic rings. The van der Waals surface area contributed by atoms with E-state index in [9.17, 15) is 13.2 Å². The summed E-state index contributed by atoms with van der Waals surface area (Å²) in [6.45, 7) is 0.451. The third-order valence-electron chi connectivity index (χ3n) is 4.25. The summed E-state index contributed by atoms with van der Waals surface area (Å²) in [5, 5.41) is 8.08. The maximum atomic E-state index is 13.3. The van der Waals surface area contributed by atoms with Crippen LogP contribution in [0, 0.1) is 11.3 Å². The van der Waals surface area contributed by atoms with Gasteiger partial charge in [0.25, 0.3) is 0 Å². The van der Waals surface area contributed by atoms with Crippen LogP contribution in [0.1, 0.15) is 24.2 Å². The van der Waals surface area contributed by atoms with Crippen molar-refractivity contribution in [2.75, 3.05) is 12.3 Å². The van der Waals surface area contributed by atoms with E-state index < -0.39 is 24.7 Å². The van der Waals surface area contributed by atoms with Crippen LogP contribution in [-0.4, -0.2) is 33.3 Å². The van der Waals surface area contributed by atoms with E-state index >= 15 is 0 Å². The third-order valence-corrected chi connectivity index (χ3v) is 4.25. The highest BCUT2D eigenvalue weighted by Crippen LogP contribution is 2.44. The maximum Gasteiger partial charge on any atom is 0.405 e. The van der Waals surface area contributed by atoms with Gasteiger partial charge in [-0.1, -0.05) is 30.3 Å². The number of aromatic nitrogens is 2. The first-order chi connectivity index (χ1) is 12.3. The third kappa shape index (κ3) is 3.68. The van der Waals surface area contributed by atoms with E-state index in [0.29, 0.717) is 17.0 Å². The molecule has 0 bridgehead atoms. The van der Waals surface area contributed by atoms with E-state index in [4.69, 9.17) is 11.1 Å². The Morgan fingerprint density at radius 3 is 2.50 bits per heavy atom. The zero-order valence-electron chi connectivity index (χ0n) is 14.0. The maximum absolute atomic E-state index is 13.3. The predicted molar refractivity (Wildman–Crippen MR) is 93.3 cm³/mol. The Bertz CT molecular complexity index is 832. The first kappa shape index (κ1) is 17.9. The van der Waals surface area contributed by atoms with Crippen LogP contribution >= 0.6 is 0 Å². The molecule has 1 aromatic heterocycles. The summed E-state index contributed by atoms with van der Waals surface area (Å²) < 4.78 is 39.9. The number of hydrogen-bond acceptors (Lipinski definition) is 5. The number of nitrogens with zero attached hydrogens (tertiary/aromatic N) is 3. The molecule has 0 amide bonds. The Hall–Kier alpha value is -2.90. The molecule has 0 saturated carbocycles. The number of alkyl halides is 3. The smallest absolute Gasteiger partial charge is 0.368 e. The number of halogens is 3. The molecular formula is C18H18F3N5. The summed E-state index contributed by atoms with van der Waals surface area (Å²) in [5.74, 6) is -0.507. The van der Waals surface area contributed by atoms with Crippen molar-refractivity contribution in [1.29, 1.82) is 5.41 Å². The van der Waals surface area contributed by atoms with E-state index in [1.165, 1.54) is 17.2 Å². The number of benzene rings is 1. The molecule has 136 valence electrons. The van der Waals surface area contributed by atoms with Crippen LogP contribution in [0.25, 0.3) is 5.70 Å². The van der Waals surface area contributed by atoms with Gasteiger partial charge in [0.15, 0.2) is 0 Å². The Labute approximate surface area is 148 Å². The number of nitrogens with one attached hydrogen (secondary N) is 1. The summed E-state index contributed by atoms with van der Waals surface area (Å²) in [6.07, 6.45) is -1.34. The minimum Gasteiger partial charge on any atom is -0.368 e. The van der Waals surface area contributed by atoms with Crippen molar-refractivity contribution in [3.63, 3.8) is 0 Å². The van der Waals surface area contributed by atoms with Crippen LogP contribution < -0.4 is 5.73 Å². The lowest BCUT2D eigenvalue weighted by atomic mass is 9.91. The summed E-state index contributed by atoms with van der Waals surface area (Å²) in [4.78, 5) is 9.12. The predicted octanol–water partition coefficient (Wildman–Crippen LogP) is 3.67. The van der Waals surface area contributed by atoms with Gasteiger partial charge in [-0.15, -0.1) is 0 Å². The first-order valence-corrected chi connectivity index (χ1v) is 8.00. The van der Waals surface area contributed by atoms with Gasteiger partial charge in [-0.05, 0) is 24.6 Å². The standard InChI is InChI=1S/C18H18F3N5/c1-11(22)13-9-15(14-7-8-24-17(23)25-14)26(10-18(19,20)21)16(13)12-5-3-2-4-6-12/h2-9,13,16,22H,10H2,1H3,(H2,23,24,25). The quantitative estimate of drug-likeness (QED) is 0.815. The van der Waals surface area contributed by atoms with Crippen LogP contribution in [0.4, 0.5) is 19.1 Å². The minimum atomic E-state index is -4.41. The molecule has 2 unspecified atom stereocenters. The molecule has 26 heavy (non-hydrogen) atoms. The second kappa shape index (κ2) is 6.78. The van der Waals surface area contributed by atoms with Gasteiger partial charge in [0.1, 0.15) is 6.54 Å². The molecule has 0 radical (unpaired) electrons. The normalized spacial score (nSPS) is 20.2. The Balaban J connectivity index is 2.12. The molecule has 0 fully saturated rings. The molecule has 2 heterocycles. The highest BCUT2D eigenvalue weighted by Gasteiger charge is 2.43. The molecule has 5 nitrogen and oxygen atoms in total. The molecule has 0 spiro atoms. The second-order valence-corrected chi connectivity index (χ2v) is 6.16. The van der Waals surface area contributed by atoms with Crippen molar-refractivity contribution in [3.05, 3.63) is 59.9 Å². The number of hydrogen-bond donors (Lipinski definition) is 2. The van der Waals surface area contributed by atoms with Crippen LogP contribution in [0.15, 0.2) is 48.7 Å². The lowest BCUT2D eigenvalue weighted by Crippen LogP contribution is -2.36. The summed E-state index contributed by atoms with van der Waals surface area (Å²) in [5.41, 5.74) is 7.22. The molecule has 2 atom stereocenters. The fraction of sp³-hybridized carbons (Fsp3) is 0.278. The van der Waals surface area contributed by atoms with Crippen molar-refractivity contribution in [1.82, 2.24) is 14.9 Å². The number of nitrogen functional groups attached to an aromatic ring is 1. The molecule has 0 saturated heterocycles. The molecule has 1 aliphatic heterocycles. The number of nitrogens with two attached hydrogens (primary N) is 1. The van der Waals surface area contributed by atoms with E-state index in [1.54, 1.807) is 43.3 Å². The molecule has 0 aliphatic carbocycles. The van der Waals surface area contributed by atoms with Gasteiger partial charge in [0.05, 0.1) is 17.4 Å². The summed E-state index contributed by atoms with van der Waals surface area (Å²) in [7, 11) is 0. The van der Waals surface area contributed by atoms with E-state index in [1.807, 2.05) is 0 Å². The largest absolute Gasteiger partial charge is 0.405 e. The van der Waals surface area contributed by atoms with E-state index in [2.05, 4.69) is 9.97 Å². The van der Waals surface area contributed by atoms with Crippen LogP contribution in [0.2, 0.25) is 0 Å². The molecular weight excluding hydrogens is 343 g/mol. The molecule has 3 N–H and O–H groups in total. The zero-order chi connectivity index (χ0) is 18.9. The van der Waals surface area contributed by atoms with Gasteiger partial charge in [0.2, 0.25) is 5.95 Å². The van der Waals surface area contributed by atoms with Gasteiger partial charge in [0, 0.05) is 17.8 Å². The zero-order valence-corrected chi connectivity index (χ0v) is 14.0. The summed E-state index contributed by atoms with van der Waals surface area (Å²) >= 11 is 0. The topological polar surface area (TPSA) is 78.9 Å². The molecule has 1 aromatic carbocycles. The Morgan fingerprint density at radius 2 is 1.92 bits per heavy atom. The number of anilines is 1. The van der Waals surface area contributed by atoms with Crippen molar-refractivity contribution >= 4 is 17.4 Å². The minimum absolute atomic E-state index is 0.0124. The van der Waals surface area contributed by atoms with Gasteiger partial charge in [-0.2, -0.15) is 13.2 Å². The highest BCUT2D eigenvalue weighted by atomic mass is 19.4. The monoisotopic (exact) mass is 361 g/mol. The number of rotatable bonds is 4. The lowest BCUT2D eigenvalue weighted by Gasteiger charge is -2.33. The molecule has 2 aromatic rings. The molecule has 8 heteroatoms. The second-order valence-electron chi connectivity index (χ2n) is 6.16. The SMILES string of the molecule is CC(=N)C1C=C(c2ccnc(N)n2)N(CC(F)(F)F)C1c1ccccc1. The van der Waals surface area contributed by atoms with Crippen molar-refractivity contribution < 1.29 is 13.2 Å². The van der Waals surface area contributed by atoms with Gasteiger partial charge in [-0.25, -0.2) is 9.97 Å². The van der Waals surface area contributed by atoms with E-state index in [0.717, 1.165) is 0 Å². The van der Waals surface area contributed by atoms with E-state index in [-0.39, 0.29) is 11.7 Å². The van der Waals surface area contributed by atoms with Gasteiger partial charge in [-0.3, -0.25) is 0 Å². The molecule has 3 rings (SSSR count). The van der Waals surface area contributed by atoms with Crippen LogP contribution in [-0.2, 0) is 0 Å². The fourth-order valence-electron chi connectivity index (χ4n) is 3.23. The van der Waals surface area contributed by atoms with Crippen molar-refractivity contribution in [3.8, 4) is 0 Å². The average Bonchev–Trinajstić information content (AvgIpc) is 2.93. The van der Waals surface area contributed by atoms with Crippen LogP contribution in [0.5, 0.6) is 0 Å². The van der Waals surface area contributed by atoms with Crippen LogP contribution in [0.3, 0.4) is 0 Å². The Kier molecular flexibility index (Phi) is 4.67. The highest BCUT2D eigenvalue weighted by molar-refractivity contribution is 5.87. The first-order valence-electron chi connectivity index (χ1n) is 8.00. The van der Waals surface area contributed by atoms with Crippen molar-refractivity contribution in [2.45, 2.75) is 19.1 Å². The lowest BCUT2D eigenvalue weighted by molar-refractivity contribution is -0.142. The van der Waals surface area contributed by atoms with Gasteiger partial charge >= 0.3 is 6.18 Å². The average molecular weight is 361 g/mol. The Morgan fingerprint density at radius 1 is 1.23 bits per heavy atom.